The molecule has 0 bridgehead atoms. The molecular weight excluding hydrogens is 297 g/mol. The summed E-state index contributed by atoms with van der Waals surface area (Å²) in [6.45, 7) is 0. The van der Waals surface area contributed by atoms with Gasteiger partial charge < -0.3 is 5.32 Å². The molecule has 1 amide bonds. The summed E-state index contributed by atoms with van der Waals surface area (Å²) in [5.74, 6) is -2.91. The fraction of sp³-hybridized carbons (Fsp3) is 0. The van der Waals surface area contributed by atoms with Crippen molar-refractivity contribution in [1.29, 1.82) is 0 Å². The summed E-state index contributed by atoms with van der Waals surface area (Å²) in [6.07, 6.45) is 1.20. The number of halogens is 4. The van der Waals surface area contributed by atoms with Crippen LogP contribution in [0, 0.1) is 11.6 Å². The summed E-state index contributed by atoms with van der Waals surface area (Å²) in [5.41, 5.74) is -0.265. The highest BCUT2D eigenvalue weighted by Gasteiger charge is 2.15. The molecule has 0 aliphatic rings. The highest BCUT2D eigenvalue weighted by molar-refractivity contribution is 6.35. The molecule has 7 heteroatoms. The van der Waals surface area contributed by atoms with Crippen LogP contribution >= 0.6 is 23.2 Å². The van der Waals surface area contributed by atoms with Crippen molar-refractivity contribution < 1.29 is 13.6 Å². The molecule has 0 saturated carbocycles. The van der Waals surface area contributed by atoms with E-state index < -0.39 is 17.5 Å². The van der Waals surface area contributed by atoms with Gasteiger partial charge in [0.2, 0.25) is 0 Å². The third-order valence-electron chi connectivity index (χ3n) is 2.27. The minimum absolute atomic E-state index is 0.0188. The van der Waals surface area contributed by atoms with Crippen LogP contribution in [0.4, 0.5) is 14.5 Å². The van der Waals surface area contributed by atoms with E-state index >= 15 is 0 Å². The second-order valence-corrected chi connectivity index (χ2v) is 4.34. The Kier molecular flexibility index (Phi) is 3.97. The molecule has 2 rings (SSSR count). The van der Waals surface area contributed by atoms with Crippen molar-refractivity contribution in [2.24, 2.45) is 0 Å². The van der Waals surface area contributed by atoms with Crippen LogP contribution < -0.4 is 5.32 Å². The summed E-state index contributed by atoms with van der Waals surface area (Å²) in [4.78, 5) is 15.6. The first-order chi connectivity index (χ1) is 8.99. The summed E-state index contributed by atoms with van der Waals surface area (Å²) in [5, 5.41) is 2.33. The fourth-order valence-electron chi connectivity index (χ4n) is 1.38. The Morgan fingerprint density at radius 3 is 2.74 bits per heavy atom. The molecule has 1 aromatic carbocycles. The van der Waals surface area contributed by atoms with Crippen LogP contribution in [0.3, 0.4) is 0 Å². The zero-order valence-electron chi connectivity index (χ0n) is 9.25. The zero-order chi connectivity index (χ0) is 14.0. The van der Waals surface area contributed by atoms with Crippen molar-refractivity contribution in [1.82, 2.24) is 4.98 Å². The van der Waals surface area contributed by atoms with Gasteiger partial charge in [-0.2, -0.15) is 0 Å². The van der Waals surface area contributed by atoms with Crippen LogP contribution in [0.1, 0.15) is 10.4 Å². The van der Waals surface area contributed by atoms with Crippen LogP contribution in [0.5, 0.6) is 0 Å². The topological polar surface area (TPSA) is 42.0 Å². The molecule has 3 nitrogen and oxygen atoms in total. The predicted molar refractivity (Wildman–Crippen MR) is 68.6 cm³/mol. The number of pyridine rings is 1. The third kappa shape index (κ3) is 3.00. The van der Waals surface area contributed by atoms with Crippen LogP contribution in [-0.4, -0.2) is 10.9 Å². The lowest BCUT2D eigenvalue weighted by atomic mass is 10.2. The second-order valence-electron chi connectivity index (χ2n) is 3.54. The molecule has 0 aliphatic carbocycles. The van der Waals surface area contributed by atoms with Crippen LogP contribution in [-0.2, 0) is 0 Å². The van der Waals surface area contributed by atoms with Crippen molar-refractivity contribution in [3.8, 4) is 0 Å². The largest absolute Gasteiger partial charge is 0.319 e. The van der Waals surface area contributed by atoms with E-state index in [2.05, 4.69) is 10.3 Å². The Morgan fingerprint density at radius 1 is 1.26 bits per heavy atom. The van der Waals surface area contributed by atoms with Gasteiger partial charge in [-0.25, -0.2) is 13.8 Å². The van der Waals surface area contributed by atoms with Gasteiger partial charge in [0.25, 0.3) is 5.91 Å². The summed E-state index contributed by atoms with van der Waals surface area (Å²) in [7, 11) is 0. The van der Waals surface area contributed by atoms with E-state index in [9.17, 15) is 13.6 Å². The van der Waals surface area contributed by atoms with Crippen molar-refractivity contribution in [2.75, 3.05) is 5.32 Å². The van der Waals surface area contributed by atoms with Crippen molar-refractivity contribution >= 4 is 34.8 Å². The van der Waals surface area contributed by atoms with E-state index in [4.69, 9.17) is 23.2 Å². The molecule has 98 valence electrons. The average molecular weight is 303 g/mol. The summed E-state index contributed by atoms with van der Waals surface area (Å²) < 4.78 is 26.4. The van der Waals surface area contributed by atoms with E-state index in [0.717, 1.165) is 6.07 Å². The van der Waals surface area contributed by atoms with Crippen molar-refractivity contribution in [3.63, 3.8) is 0 Å². The maximum Gasteiger partial charge on any atom is 0.257 e. The van der Waals surface area contributed by atoms with E-state index in [0.29, 0.717) is 0 Å². The van der Waals surface area contributed by atoms with E-state index in [-0.39, 0.29) is 21.4 Å². The lowest BCUT2D eigenvalue weighted by molar-refractivity contribution is 0.102. The van der Waals surface area contributed by atoms with Gasteiger partial charge in [0, 0.05) is 6.20 Å². The number of nitrogens with one attached hydrogen (secondary N) is 1. The number of carbonyl (C=O) groups excluding carboxylic acids is 1. The van der Waals surface area contributed by atoms with Gasteiger partial charge in [0.15, 0.2) is 11.6 Å². The molecule has 2 aromatic rings. The number of anilines is 1. The normalized spacial score (nSPS) is 10.3. The van der Waals surface area contributed by atoms with Gasteiger partial charge in [0.1, 0.15) is 5.15 Å². The number of amides is 1. The second kappa shape index (κ2) is 5.50. The molecule has 0 spiro atoms. The van der Waals surface area contributed by atoms with Gasteiger partial charge in [-0.15, -0.1) is 0 Å². The van der Waals surface area contributed by atoms with Crippen LogP contribution in [0.15, 0.2) is 30.5 Å². The van der Waals surface area contributed by atoms with Gasteiger partial charge in [0.05, 0.1) is 16.3 Å². The van der Waals surface area contributed by atoms with E-state index in [1.807, 2.05) is 0 Å². The first-order valence-electron chi connectivity index (χ1n) is 5.05. The quantitative estimate of drug-likeness (QED) is 0.854. The number of nitrogens with zero attached hydrogens (tertiary/aromatic N) is 1. The van der Waals surface area contributed by atoms with Crippen molar-refractivity contribution in [2.45, 2.75) is 0 Å². The highest BCUT2D eigenvalue weighted by Crippen LogP contribution is 2.21. The molecule has 0 atom stereocenters. The van der Waals surface area contributed by atoms with Crippen molar-refractivity contribution in [3.05, 3.63) is 57.8 Å². The number of aromatic nitrogens is 1. The van der Waals surface area contributed by atoms with Gasteiger partial charge in [-0.1, -0.05) is 29.3 Å². The molecule has 1 aromatic heterocycles. The average Bonchev–Trinajstić information content (AvgIpc) is 2.38. The molecule has 19 heavy (non-hydrogen) atoms. The highest BCUT2D eigenvalue weighted by atomic mass is 35.5. The molecule has 1 heterocycles. The van der Waals surface area contributed by atoms with Gasteiger partial charge in [-0.05, 0) is 18.2 Å². The lowest BCUT2D eigenvalue weighted by Crippen LogP contribution is -2.14. The number of rotatable bonds is 2. The van der Waals surface area contributed by atoms with Crippen LogP contribution in [0.25, 0.3) is 0 Å². The maximum absolute atomic E-state index is 13.4. The number of hydrogen-bond acceptors (Lipinski definition) is 2. The smallest absolute Gasteiger partial charge is 0.257 e. The first kappa shape index (κ1) is 13.7. The summed E-state index contributed by atoms with van der Waals surface area (Å²) in [6, 6.07) is 4.68. The molecule has 0 radical (unpaired) electrons. The molecule has 1 N–H and O–H groups in total. The van der Waals surface area contributed by atoms with E-state index in [1.54, 1.807) is 0 Å². The SMILES string of the molecule is O=C(Nc1cccc(F)c1F)c1cc(Cl)ncc1Cl. The fourth-order valence-corrected chi connectivity index (χ4v) is 1.72. The molecule has 0 unspecified atom stereocenters. The molecule has 0 fully saturated rings. The Morgan fingerprint density at radius 2 is 2.00 bits per heavy atom. The third-order valence-corrected chi connectivity index (χ3v) is 2.77. The predicted octanol–water partition coefficient (Wildman–Crippen LogP) is 3.92. The molecular formula is C12H6Cl2F2N2O. The summed E-state index contributed by atoms with van der Waals surface area (Å²) >= 11 is 11.4. The number of carbonyl (C=O) groups is 1. The Labute approximate surface area is 117 Å². The Bertz CT molecular complexity index is 650. The zero-order valence-corrected chi connectivity index (χ0v) is 10.8. The Hall–Kier alpha value is -1.72. The number of benzene rings is 1. The number of hydrogen-bond donors (Lipinski definition) is 1. The standard InChI is InChI=1S/C12H6Cl2F2N2O/c13-7-5-17-10(14)4-6(7)12(19)18-9-3-1-2-8(15)11(9)16/h1-5H,(H,18,19). The maximum atomic E-state index is 13.4. The van der Waals surface area contributed by atoms with E-state index in [1.165, 1.54) is 24.4 Å². The van der Waals surface area contributed by atoms with Crippen LogP contribution in [0.2, 0.25) is 10.2 Å². The lowest BCUT2D eigenvalue weighted by Gasteiger charge is -2.08. The molecule has 0 saturated heterocycles. The molecule has 0 aliphatic heterocycles. The Balaban J connectivity index is 2.31. The van der Waals surface area contributed by atoms with Gasteiger partial charge in [-0.3, -0.25) is 4.79 Å². The van der Waals surface area contributed by atoms with Gasteiger partial charge >= 0.3 is 0 Å². The minimum atomic E-state index is -1.15. The minimum Gasteiger partial charge on any atom is -0.319 e. The monoisotopic (exact) mass is 302 g/mol. The first-order valence-corrected chi connectivity index (χ1v) is 5.81.